The number of nitrogens with zero attached hydrogens (tertiary/aromatic N) is 1. The third kappa shape index (κ3) is 3.82. The molecule has 0 aliphatic carbocycles. The summed E-state index contributed by atoms with van der Waals surface area (Å²) in [6.45, 7) is 2.02. The van der Waals surface area contributed by atoms with Crippen LogP contribution in [0, 0.1) is 6.92 Å². The fraction of sp³-hybridized carbons (Fsp3) is 0.0500. The molecule has 0 radical (unpaired) electrons. The zero-order valence-corrected chi connectivity index (χ0v) is 13.7. The predicted molar refractivity (Wildman–Crippen MR) is 96.0 cm³/mol. The number of hydrogen-bond acceptors (Lipinski definition) is 2. The van der Waals surface area contributed by atoms with E-state index in [1.165, 1.54) is 0 Å². The van der Waals surface area contributed by atoms with Crippen molar-refractivity contribution in [3.05, 3.63) is 90.0 Å². The monoisotopic (exact) mass is 319 g/mol. The number of rotatable bonds is 4. The number of benzene rings is 3. The van der Waals surface area contributed by atoms with E-state index in [1.54, 1.807) is 6.21 Å². The third-order valence-corrected chi connectivity index (χ3v) is 4.93. The van der Waals surface area contributed by atoms with E-state index >= 15 is 0 Å². The smallest absolute Gasteiger partial charge is 0.0856 e. The van der Waals surface area contributed by atoms with Crippen LogP contribution < -0.4 is 0 Å². The van der Waals surface area contributed by atoms with E-state index < -0.39 is 10.8 Å². The number of aliphatic imine (C=N–C) groups is 1. The number of para-hydroxylation sites is 1. The summed E-state index contributed by atoms with van der Waals surface area (Å²) in [4.78, 5) is 6.04. The standard InChI is InChI=1S/C20H17NOS/c1-16-11-13-19(14-12-16)23(22)20-10-6-5-7-17(20)15-21-18-8-3-2-4-9-18/h2-15H,1H3. The molecule has 3 aromatic carbocycles. The van der Waals surface area contributed by atoms with E-state index in [9.17, 15) is 4.21 Å². The SMILES string of the molecule is Cc1ccc(S(=O)c2ccccc2C=Nc2ccccc2)cc1. The van der Waals surface area contributed by atoms with Crippen LogP contribution in [0.25, 0.3) is 0 Å². The largest absolute Gasteiger partial charge is 0.256 e. The Morgan fingerprint density at radius 1 is 0.826 bits per heavy atom. The van der Waals surface area contributed by atoms with E-state index in [0.29, 0.717) is 0 Å². The van der Waals surface area contributed by atoms with Crippen LogP contribution in [-0.2, 0) is 10.8 Å². The van der Waals surface area contributed by atoms with Crippen LogP contribution in [0.3, 0.4) is 0 Å². The molecule has 114 valence electrons. The molecule has 1 atom stereocenters. The molecule has 0 saturated heterocycles. The van der Waals surface area contributed by atoms with Gasteiger partial charge in [0.15, 0.2) is 0 Å². The summed E-state index contributed by atoms with van der Waals surface area (Å²) in [5.41, 5.74) is 2.91. The molecule has 0 N–H and O–H groups in total. The Labute approximate surface area is 139 Å². The highest BCUT2D eigenvalue weighted by molar-refractivity contribution is 7.85. The van der Waals surface area contributed by atoms with Crippen molar-refractivity contribution < 1.29 is 4.21 Å². The van der Waals surface area contributed by atoms with Gasteiger partial charge in [-0.05, 0) is 37.3 Å². The van der Waals surface area contributed by atoms with E-state index in [-0.39, 0.29) is 0 Å². The molecule has 1 unspecified atom stereocenters. The van der Waals surface area contributed by atoms with Crippen LogP contribution >= 0.6 is 0 Å². The van der Waals surface area contributed by atoms with Gasteiger partial charge in [-0.2, -0.15) is 0 Å². The van der Waals surface area contributed by atoms with Crippen molar-refractivity contribution in [2.45, 2.75) is 16.7 Å². The summed E-state index contributed by atoms with van der Waals surface area (Å²) >= 11 is 0. The molecular formula is C20H17NOS. The predicted octanol–water partition coefficient (Wildman–Crippen LogP) is 4.91. The average molecular weight is 319 g/mol. The summed E-state index contributed by atoms with van der Waals surface area (Å²) < 4.78 is 12.8. The van der Waals surface area contributed by atoms with Gasteiger partial charge >= 0.3 is 0 Å². The zero-order valence-electron chi connectivity index (χ0n) is 12.8. The highest BCUT2D eigenvalue weighted by atomic mass is 32.2. The van der Waals surface area contributed by atoms with Crippen LogP contribution in [0.4, 0.5) is 5.69 Å². The summed E-state index contributed by atoms with van der Waals surface area (Å²) in [6.07, 6.45) is 1.77. The van der Waals surface area contributed by atoms with Gasteiger partial charge in [0.05, 0.1) is 21.4 Å². The lowest BCUT2D eigenvalue weighted by Crippen LogP contribution is -1.98. The lowest BCUT2D eigenvalue weighted by molar-refractivity contribution is 0.683. The lowest BCUT2D eigenvalue weighted by Gasteiger charge is -2.06. The number of hydrogen-bond donors (Lipinski definition) is 0. The molecule has 3 heteroatoms. The summed E-state index contributed by atoms with van der Waals surface area (Å²) in [6, 6.07) is 25.2. The maximum Gasteiger partial charge on any atom is 0.0856 e. The molecule has 0 saturated carbocycles. The van der Waals surface area contributed by atoms with Gasteiger partial charge in [-0.25, -0.2) is 4.21 Å². The molecule has 0 amide bonds. The molecule has 3 rings (SSSR count). The first-order valence-corrected chi connectivity index (χ1v) is 8.55. The molecule has 0 heterocycles. The van der Waals surface area contributed by atoms with Crippen LogP contribution in [0.15, 0.2) is 93.6 Å². The van der Waals surface area contributed by atoms with Crippen LogP contribution in [0.2, 0.25) is 0 Å². The van der Waals surface area contributed by atoms with Crippen molar-refractivity contribution in [1.29, 1.82) is 0 Å². The van der Waals surface area contributed by atoms with Crippen LogP contribution in [0.5, 0.6) is 0 Å². The van der Waals surface area contributed by atoms with Gasteiger partial charge in [-0.1, -0.05) is 54.1 Å². The molecule has 0 aliphatic heterocycles. The second-order valence-corrected chi connectivity index (χ2v) is 6.66. The molecular weight excluding hydrogens is 302 g/mol. The Morgan fingerprint density at radius 3 is 2.22 bits per heavy atom. The molecule has 23 heavy (non-hydrogen) atoms. The van der Waals surface area contributed by atoms with E-state index in [4.69, 9.17) is 0 Å². The van der Waals surface area contributed by atoms with Gasteiger partial charge in [0, 0.05) is 16.7 Å². The van der Waals surface area contributed by atoms with Crippen molar-refractivity contribution in [2.75, 3.05) is 0 Å². The molecule has 0 bridgehead atoms. The molecule has 3 aromatic rings. The minimum Gasteiger partial charge on any atom is -0.256 e. The highest BCUT2D eigenvalue weighted by Gasteiger charge is 2.10. The first kappa shape index (κ1) is 15.4. The van der Waals surface area contributed by atoms with Gasteiger partial charge in [0.1, 0.15) is 0 Å². The lowest BCUT2D eigenvalue weighted by atomic mass is 10.2. The topological polar surface area (TPSA) is 29.4 Å². The maximum atomic E-state index is 12.8. The first-order chi connectivity index (χ1) is 11.2. The second kappa shape index (κ2) is 7.16. The van der Waals surface area contributed by atoms with Gasteiger partial charge < -0.3 is 0 Å². The van der Waals surface area contributed by atoms with Gasteiger partial charge in [-0.15, -0.1) is 0 Å². The zero-order chi connectivity index (χ0) is 16.1. The minimum absolute atomic E-state index is 0.774. The fourth-order valence-corrected chi connectivity index (χ4v) is 3.38. The fourth-order valence-electron chi connectivity index (χ4n) is 2.20. The van der Waals surface area contributed by atoms with Gasteiger partial charge in [0.2, 0.25) is 0 Å². The first-order valence-electron chi connectivity index (χ1n) is 7.40. The molecule has 0 aromatic heterocycles. The molecule has 2 nitrogen and oxygen atoms in total. The molecule has 0 fully saturated rings. The highest BCUT2D eigenvalue weighted by Crippen LogP contribution is 2.20. The summed E-state index contributed by atoms with van der Waals surface area (Å²) in [7, 11) is -1.22. The van der Waals surface area contributed by atoms with Crippen molar-refractivity contribution in [3.8, 4) is 0 Å². The van der Waals surface area contributed by atoms with Crippen molar-refractivity contribution in [3.63, 3.8) is 0 Å². The Kier molecular flexibility index (Phi) is 4.79. The number of aryl methyl sites for hydroxylation is 1. The van der Waals surface area contributed by atoms with Crippen molar-refractivity contribution in [2.24, 2.45) is 4.99 Å². The third-order valence-electron chi connectivity index (χ3n) is 3.46. The minimum atomic E-state index is -1.22. The Hall–Kier alpha value is -2.52. The summed E-state index contributed by atoms with van der Waals surface area (Å²) in [5.74, 6) is 0. The summed E-state index contributed by atoms with van der Waals surface area (Å²) in [5, 5.41) is 0. The molecule has 0 spiro atoms. The quantitative estimate of drug-likeness (QED) is 0.628. The second-order valence-electron chi connectivity index (χ2n) is 5.21. The Morgan fingerprint density at radius 2 is 1.48 bits per heavy atom. The van der Waals surface area contributed by atoms with E-state index in [1.807, 2.05) is 85.8 Å². The normalized spacial score (nSPS) is 12.4. The van der Waals surface area contributed by atoms with Crippen LogP contribution in [-0.4, -0.2) is 10.4 Å². The Bertz CT molecular complexity index is 839. The molecule has 0 aliphatic rings. The average Bonchev–Trinajstić information content (AvgIpc) is 2.61. The van der Waals surface area contributed by atoms with Crippen molar-refractivity contribution in [1.82, 2.24) is 0 Å². The van der Waals surface area contributed by atoms with Gasteiger partial charge in [0.25, 0.3) is 0 Å². The van der Waals surface area contributed by atoms with Crippen molar-refractivity contribution >= 4 is 22.7 Å². The van der Waals surface area contributed by atoms with Gasteiger partial charge in [-0.3, -0.25) is 4.99 Å². The Balaban J connectivity index is 1.93. The van der Waals surface area contributed by atoms with E-state index in [0.717, 1.165) is 26.6 Å². The van der Waals surface area contributed by atoms with E-state index in [2.05, 4.69) is 4.99 Å². The van der Waals surface area contributed by atoms with Crippen LogP contribution in [0.1, 0.15) is 11.1 Å². The maximum absolute atomic E-state index is 12.8.